The van der Waals surface area contributed by atoms with Crippen molar-refractivity contribution in [2.75, 3.05) is 23.8 Å². The minimum atomic E-state index is -0.290. The predicted octanol–water partition coefficient (Wildman–Crippen LogP) is 7.02. The van der Waals surface area contributed by atoms with Gasteiger partial charge in [-0.25, -0.2) is 0 Å². The summed E-state index contributed by atoms with van der Waals surface area (Å²) in [6.45, 7) is 3.68. The molecule has 0 unspecified atom stereocenters. The normalized spacial score (nSPS) is 10.7. The highest BCUT2D eigenvalue weighted by Crippen LogP contribution is 2.30. The highest BCUT2D eigenvalue weighted by molar-refractivity contribution is 9.10. The fourth-order valence-electron chi connectivity index (χ4n) is 3.63. The van der Waals surface area contributed by atoms with Crippen molar-refractivity contribution >= 4 is 65.8 Å². The predicted molar refractivity (Wildman–Crippen MR) is 150 cm³/mol. The first kappa shape index (κ1) is 25.7. The standard InChI is InChI=1S/C28H24Br2N2O4/c1-17-9-11-25(21(29)13-17)35-15-27(33)31-23-7-3-6-20-19(23)5-4-8-24(20)32-28(34)16-36-26-12-10-18(2)14-22(26)30/h3-14H,15-16H2,1-2H3,(H,31,33)(H,32,34). The summed E-state index contributed by atoms with van der Waals surface area (Å²) in [5.41, 5.74) is 3.43. The van der Waals surface area contributed by atoms with Crippen LogP contribution in [0.2, 0.25) is 0 Å². The van der Waals surface area contributed by atoms with Crippen molar-refractivity contribution in [3.8, 4) is 11.5 Å². The van der Waals surface area contributed by atoms with E-state index in [4.69, 9.17) is 9.47 Å². The summed E-state index contributed by atoms with van der Waals surface area (Å²) in [5.74, 6) is 0.611. The lowest BCUT2D eigenvalue weighted by atomic mass is 10.1. The van der Waals surface area contributed by atoms with Gasteiger partial charge in [-0.15, -0.1) is 0 Å². The van der Waals surface area contributed by atoms with Gasteiger partial charge in [-0.3, -0.25) is 9.59 Å². The molecule has 0 aliphatic heterocycles. The molecule has 0 fully saturated rings. The van der Waals surface area contributed by atoms with Gasteiger partial charge in [0.05, 0.1) is 8.95 Å². The first-order chi connectivity index (χ1) is 17.3. The van der Waals surface area contributed by atoms with Crippen molar-refractivity contribution in [1.29, 1.82) is 0 Å². The van der Waals surface area contributed by atoms with Crippen molar-refractivity contribution in [2.24, 2.45) is 0 Å². The highest BCUT2D eigenvalue weighted by Gasteiger charge is 2.12. The van der Waals surface area contributed by atoms with Crippen molar-refractivity contribution in [3.63, 3.8) is 0 Å². The molecule has 4 aromatic carbocycles. The molecule has 4 rings (SSSR count). The van der Waals surface area contributed by atoms with Gasteiger partial charge >= 0.3 is 0 Å². The van der Waals surface area contributed by atoms with Crippen molar-refractivity contribution in [3.05, 3.63) is 92.9 Å². The number of nitrogens with one attached hydrogen (secondary N) is 2. The van der Waals surface area contributed by atoms with Crippen molar-refractivity contribution in [1.82, 2.24) is 0 Å². The molecule has 0 aliphatic carbocycles. The zero-order chi connectivity index (χ0) is 25.7. The Labute approximate surface area is 226 Å². The molecule has 0 radical (unpaired) electrons. The largest absolute Gasteiger partial charge is 0.483 e. The Bertz CT molecular complexity index is 1330. The van der Waals surface area contributed by atoms with Crippen LogP contribution in [0, 0.1) is 13.8 Å². The van der Waals surface area contributed by atoms with E-state index in [0.29, 0.717) is 22.9 Å². The molecule has 0 aliphatic rings. The molecule has 2 N–H and O–H groups in total. The SMILES string of the molecule is Cc1ccc(OCC(=O)Nc2cccc3c(NC(=O)COc4ccc(C)cc4Br)cccc23)c(Br)c1. The first-order valence-corrected chi connectivity index (χ1v) is 12.8. The molecule has 8 heteroatoms. The molecule has 0 saturated carbocycles. The first-order valence-electron chi connectivity index (χ1n) is 11.2. The van der Waals surface area contributed by atoms with E-state index in [1.165, 1.54) is 0 Å². The molecular formula is C28H24Br2N2O4. The smallest absolute Gasteiger partial charge is 0.262 e. The van der Waals surface area contributed by atoms with Gasteiger partial charge in [-0.2, -0.15) is 0 Å². The van der Waals surface area contributed by atoms with Crippen LogP contribution in [-0.2, 0) is 9.59 Å². The number of anilines is 2. The van der Waals surface area contributed by atoms with Crippen LogP contribution >= 0.6 is 31.9 Å². The van der Waals surface area contributed by atoms with Crippen molar-refractivity contribution in [2.45, 2.75) is 13.8 Å². The Morgan fingerprint density at radius 2 is 1.08 bits per heavy atom. The molecule has 6 nitrogen and oxygen atoms in total. The number of hydrogen-bond donors (Lipinski definition) is 2. The summed E-state index contributed by atoms with van der Waals surface area (Å²) < 4.78 is 12.9. The molecule has 0 bridgehead atoms. The Hall–Kier alpha value is -3.36. The molecule has 0 spiro atoms. The molecule has 0 saturated heterocycles. The maximum absolute atomic E-state index is 12.6. The van der Waals surface area contributed by atoms with Crippen LogP contribution in [0.15, 0.2) is 81.7 Å². The number of ether oxygens (including phenoxy) is 2. The van der Waals surface area contributed by atoms with Gasteiger partial charge in [0.2, 0.25) is 0 Å². The van der Waals surface area contributed by atoms with E-state index < -0.39 is 0 Å². The number of hydrogen-bond acceptors (Lipinski definition) is 4. The number of fused-ring (bicyclic) bond motifs is 1. The van der Waals surface area contributed by atoms with Crippen LogP contribution in [-0.4, -0.2) is 25.0 Å². The summed E-state index contributed by atoms with van der Waals surface area (Å²) in [6, 6.07) is 22.4. The molecule has 0 aromatic heterocycles. The number of benzene rings is 4. The highest BCUT2D eigenvalue weighted by atomic mass is 79.9. The van der Waals surface area contributed by atoms with Gasteiger partial charge in [-0.1, -0.05) is 36.4 Å². The lowest BCUT2D eigenvalue weighted by molar-refractivity contribution is -0.118. The fourth-order valence-corrected chi connectivity index (χ4v) is 4.85. The third kappa shape index (κ3) is 6.44. The van der Waals surface area contributed by atoms with Gasteiger partial charge in [0, 0.05) is 22.1 Å². The average Bonchev–Trinajstić information content (AvgIpc) is 2.83. The number of carbonyl (C=O) groups excluding carboxylic acids is 2. The van der Waals surface area contributed by atoms with Gasteiger partial charge in [0.1, 0.15) is 11.5 Å². The molecule has 184 valence electrons. The number of aryl methyl sites for hydroxylation is 2. The Morgan fingerprint density at radius 3 is 1.47 bits per heavy atom. The zero-order valence-corrected chi connectivity index (χ0v) is 22.9. The molecule has 2 amide bonds. The third-order valence-electron chi connectivity index (χ3n) is 5.36. The third-order valence-corrected chi connectivity index (χ3v) is 6.60. The molecule has 0 atom stereocenters. The van der Waals surface area contributed by atoms with Crippen LogP contribution < -0.4 is 20.1 Å². The molecule has 36 heavy (non-hydrogen) atoms. The van der Waals surface area contributed by atoms with E-state index in [-0.39, 0.29) is 25.0 Å². The topological polar surface area (TPSA) is 76.7 Å². The van der Waals surface area contributed by atoms with Gasteiger partial charge in [-0.05, 0) is 93.2 Å². The van der Waals surface area contributed by atoms with Crippen LogP contribution in [0.25, 0.3) is 10.8 Å². The lowest BCUT2D eigenvalue weighted by Gasteiger charge is -2.14. The minimum Gasteiger partial charge on any atom is -0.483 e. The van der Waals surface area contributed by atoms with Crippen LogP contribution in [0.5, 0.6) is 11.5 Å². The average molecular weight is 612 g/mol. The Morgan fingerprint density at radius 1 is 0.667 bits per heavy atom. The van der Waals surface area contributed by atoms with E-state index >= 15 is 0 Å². The quantitative estimate of drug-likeness (QED) is 0.225. The zero-order valence-electron chi connectivity index (χ0n) is 19.7. The summed E-state index contributed by atoms with van der Waals surface area (Å²) >= 11 is 6.90. The van der Waals surface area contributed by atoms with Crippen molar-refractivity contribution < 1.29 is 19.1 Å². The maximum Gasteiger partial charge on any atom is 0.262 e. The summed E-state index contributed by atoms with van der Waals surface area (Å²) in [7, 11) is 0. The van der Waals surface area contributed by atoms with E-state index in [1.54, 1.807) is 0 Å². The summed E-state index contributed by atoms with van der Waals surface area (Å²) in [5, 5.41) is 7.39. The van der Waals surface area contributed by atoms with Crippen LogP contribution in [0.4, 0.5) is 11.4 Å². The number of halogens is 2. The lowest BCUT2D eigenvalue weighted by Crippen LogP contribution is -2.21. The molecule has 4 aromatic rings. The number of amides is 2. The van der Waals surface area contributed by atoms with Gasteiger partial charge < -0.3 is 20.1 Å². The van der Waals surface area contributed by atoms with E-state index in [2.05, 4.69) is 42.5 Å². The Balaban J connectivity index is 1.42. The van der Waals surface area contributed by atoms with Gasteiger partial charge in [0.15, 0.2) is 13.2 Å². The van der Waals surface area contributed by atoms with E-state index in [1.807, 2.05) is 86.6 Å². The number of carbonyl (C=O) groups is 2. The minimum absolute atomic E-state index is 0.139. The fraction of sp³-hybridized carbons (Fsp3) is 0.143. The second-order valence-electron chi connectivity index (χ2n) is 8.25. The maximum atomic E-state index is 12.6. The van der Waals surface area contributed by atoms with Gasteiger partial charge in [0.25, 0.3) is 11.8 Å². The van der Waals surface area contributed by atoms with Crippen LogP contribution in [0.3, 0.4) is 0 Å². The second-order valence-corrected chi connectivity index (χ2v) is 9.96. The summed E-state index contributed by atoms with van der Waals surface area (Å²) in [4.78, 5) is 25.2. The summed E-state index contributed by atoms with van der Waals surface area (Å²) in [6.07, 6.45) is 0. The number of rotatable bonds is 8. The molecular weight excluding hydrogens is 588 g/mol. The monoisotopic (exact) mass is 610 g/mol. The second kappa shape index (κ2) is 11.6. The van der Waals surface area contributed by atoms with E-state index in [9.17, 15) is 9.59 Å². The Kier molecular flexibility index (Phi) is 8.28. The van der Waals surface area contributed by atoms with Crippen LogP contribution in [0.1, 0.15) is 11.1 Å². The molecule has 0 heterocycles. The van der Waals surface area contributed by atoms with E-state index in [0.717, 1.165) is 30.8 Å².